The van der Waals surface area contributed by atoms with E-state index in [-0.39, 0.29) is 0 Å². The number of benzene rings is 1. The van der Waals surface area contributed by atoms with E-state index in [1.54, 1.807) is 0 Å². The van der Waals surface area contributed by atoms with Gasteiger partial charge < -0.3 is 4.90 Å². The third-order valence-corrected chi connectivity index (χ3v) is 6.33. The minimum atomic E-state index is 0.605. The van der Waals surface area contributed by atoms with Gasteiger partial charge in [-0.05, 0) is 75.4 Å². The summed E-state index contributed by atoms with van der Waals surface area (Å²) >= 11 is 0. The Labute approximate surface area is 167 Å². The Kier molecular flexibility index (Phi) is 7.37. The molecule has 150 valence electrons. The molecule has 2 fully saturated rings. The van der Waals surface area contributed by atoms with E-state index in [4.69, 9.17) is 0 Å². The van der Waals surface area contributed by atoms with Crippen molar-refractivity contribution in [3.63, 3.8) is 0 Å². The van der Waals surface area contributed by atoms with Crippen molar-refractivity contribution in [1.82, 2.24) is 9.80 Å². The lowest BCUT2D eigenvalue weighted by Gasteiger charge is -2.38. The molecule has 0 aliphatic carbocycles. The van der Waals surface area contributed by atoms with Crippen LogP contribution in [0.4, 0.5) is 5.69 Å². The van der Waals surface area contributed by atoms with Gasteiger partial charge in [0.1, 0.15) is 0 Å². The van der Waals surface area contributed by atoms with Gasteiger partial charge in [0.05, 0.1) is 0 Å². The second-order valence-corrected chi connectivity index (χ2v) is 9.04. The number of hydrogen-bond acceptors (Lipinski definition) is 3. The minimum Gasteiger partial charge on any atom is -0.369 e. The summed E-state index contributed by atoms with van der Waals surface area (Å²) in [5.41, 5.74) is 4.16. The average molecular weight is 370 g/mol. The molecule has 2 heterocycles. The van der Waals surface area contributed by atoms with Gasteiger partial charge in [-0.2, -0.15) is 0 Å². The van der Waals surface area contributed by atoms with Gasteiger partial charge in [-0.15, -0.1) is 0 Å². The predicted molar refractivity (Wildman–Crippen MR) is 118 cm³/mol. The third kappa shape index (κ3) is 6.08. The van der Waals surface area contributed by atoms with E-state index in [1.165, 1.54) is 81.9 Å². The molecule has 1 aromatic carbocycles. The number of likely N-dealkylation sites (tertiary alicyclic amines) is 1. The molecule has 27 heavy (non-hydrogen) atoms. The van der Waals surface area contributed by atoms with Crippen LogP contribution in [0.15, 0.2) is 36.4 Å². The normalized spacial score (nSPS) is 20.4. The molecule has 3 rings (SSSR count). The van der Waals surface area contributed by atoms with Crippen LogP contribution in [0.25, 0.3) is 0 Å². The number of rotatable bonds is 7. The highest BCUT2D eigenvalue weighted by molar-refractivity contribution is 5.49. The van der Waals surface area contributed by atoms with Crippen LogP contribution in [-0.2, 0) is 0 Å². The first-order valence-electron chi connectivity index (χ1n) is 11.0. The molecule has 3 heteroatoms. The molecule has 0 N–H and O–H groups in total. The highest BCUT2D eigenvalue weighted by Crippen LogP contribution is 2.24. The molecule has 3 nitrogen and oxygen atoms in total. The molecule has 0 spiro atoms. The minimum absolute atomic E-state index is 0.605. The van der Waals surface area contributed by atoms with Crippen molar-refractivity contribution >= 4 is 5.69 Å². The van der Waals surface area contributed by atoms with Crippen LogP contribution >= 0.6 is 0 Å². The van der Waals surface area contributed by atoms with E-state index in [1.807, 2.05) is 0 Å². The van der Waals surface area contributed by atoms with Crippen molar-refractivity contribution in [3.05, 3.63) is 42.0 Å². The summed E-state index contributed by atoms with van der Waals surface area (Å²) in [6, 6.07) is 9.14. The Balaban J connectivity index is 1.38. The molecule has 2 aliphatic heterocycles. The summed E-state index contributed by atoms with van der Waals surface area (Å²) in [4.78, 5) is 7.82. The van der Waals surface area contributed by atoms with Crippen LogP contribution in [0.5, 0.6) is 0 Å². The van der Waals surface area contributed by atoms with Crippen LogP contribution in [-0.4, -0.2) is 62.2 Å². The van der Waals surface area contributed by atoms with E-state index in [2.05, 4.69) is 66.3 Å². The second kappa shape index (κ2) is 9.75. The maximum atomic E-state index is 4.05. The zero-order chi connectivity index (χ0) is 19.2. The second-order valence-electron chi connectivity index (χ2n) is 9.04. The third-order valence-electron chi connectivity index (χ3n) is 6.33. The first kappa shape index (κ1) is 20.4. The standard InChI is InChI=1S/C24H39N3/c1-20(2)19-26-12-9-22(10-13-26)8-11-25-14-16-27(17-15-25)24-7-5-6-23(18-24)21(3)4/h5-7,18,21-22H,1,8-17,19H2,2-4H3. The van der Waals surface area contributed by atoms with Crippen LogP contribution in [0, 0.1) is 5.92 Å². The molecule has 0 aromatic heterocycles. The number of piperidine rings is 1. The van der Waals surface area contributed by atoms with Crippen molar-refractivity contribution in [2.45, 2.75) is 46.0 Å². The Bertz CT molecular complexity index is 593. The molecule has 1 aromatic rings. The maximum absolute atomic E-state index is 4.05. The topological polar surface area (TPSA) is 9.72 Å². The summed E-state index contributed by atoms with van der Waals surface area (Å²) in [5, 5.41) is 0. The van der Waals surface area contributed by atoms with Crippen LogP contribution in [0.2, 0.25) is 0 Å². The van der Waals surface area contributed by atoms with Crippen molar-refractivity contribution in [2.24, 2.45) is 5.92 Å². The van der Waals surface area contributed by atoms with Gasteiger partial charge in [-0.3, -0.25) is 9.80 Å². The first-order valence-corrected chi connectivity index (χ1v) is 11.0. The Morgan fingerprint density at radius 1 is 1.04 bits per heavy atom. The fourth-order valence-corrected chi connectivity index (χ4v) is 4.49. The Morgan fingerprint density at radius 2 is 1.74 bits per heavy atom. The van der Waals surface area contributed by atoms with Gasteiger partial charge in [0.15, 0.2) is 0 Å². The van der Waals surface area contributed by atoms with E-state index >= 15 is 0 Å². The monoisotopic (exact) mass is 369 g/mol. The molecule has 0 saturated carbocycles. The van der Waals surface area contributed by atoms with Crippen LogP contribution in [0.1, 0.15) is 51.5 Å². The highest BCUT2D eigenvalue weighted by atomic mass is 15.3. The molecule has 2 aliphatic rings. The highest BCUT2D eigenvalue weighted by Gasteiger charge is 2.22. The van der Waals surface area contributed by atoms with Gasteiger partial charge in [-0.1, -0.05) is 38.1 Å². The average Bonchev–Trinajstić information content (AvgIpc) is 2.67. The summed E-state index contributed by atoms with van der Waals surface area (Å²) in [5.74, 6) is 1.53. The number of anilines is 1. The molecule has 0 unspecified atom stereocenters. The smallest absolute Gasteiger partial charge is 0.0369 e. The van der Waals surface area contributed by atoms with E-state index in [0.29, 0.717) is 5.92 Å². The van der Waals surface area contributed by atoms with Crippen molar-refractivity contribution < 1.29 is 0 Å². The number of nitrogens with zero attached hydrogens (tertiary/aromatic N) is 3. The van der Waals surface area contributed by atoms with E-state index < -0.39 is 0 Å². The van der Waals surface area contributed by atoms with Crippen LogP contribution < -0.4 is 4.90 Å². The molecule has 0 atom stereocenters. The molecule has 0 radical (unpaired) electrons. The SMILES string of the molecule is C=C(C)CN1CCC(CCN2CCN(c3cccc(C(C)C)c3)CC2)CC1. The van der Waals surface area contributed by atoms with Gasteiger partial charge in [0.25, 0.3) is 0 Å². The zero-order valence-corrected chi connectivity index (χ0v) is 17.8. The zero-order valence-electron chi connectivity index (χ0n) is 17.8. The van der Waals surface area contributed by atoms with Crippen molar-refractivity contribution in [1.29, 1.82) is 0 Å². The number of piperazine rings is 1. The first-order chi connectivity index (χ1) is 13.0. The summed E-state index contributed by atoms with van der Waals surface area (Å²) in [6.45, 7) is 20.4. The molecular formula is C24H39N3. The van der Waals surface area contributed by atoms with Gasteiger partial charge >= 0.3 is 0 Å². The largest absolute Gasteiger partial charge is 0.369 e. The van der Waals surface area contributed by atoms with E-state index in [9.17, 15) is 0 Å². The Morgan fingerprint density at radius 3 is 2.37 bits per heavy atom. The molecule has 0 amide bonds. The number of hydrogen-bond donors (Lipinski definition) is 0. The van der Waals surface area contributed by atoms with Gasteiger partial charge in [0.2, 0.25) is 0 Å². The lowest BCUT2D eigenvalue weighted by atomic mass is 9.93. The van der Waals surface area contributed by atoms with E-state index in [0.717, 1.165) is 12.5 Å². The molecule has 0 bridgehead atoms. The van der Waals surface area contributed by atoms with Crippen molar-refractivity contribution in [2.75, 3.05) is 57.3 Å². The van der Waals surface area contributed by atoms with Crippen molar-refractivity contribution in [3.8, 4) is 0 Å². The fraction of sp³-hybridized carbons (Fsp3) is 0.667. The summed E-state index contributed by atoms with van der Waals surface area (Å²) < 4.78 is 0. The van der Waals surface area contributed by atoms with Crippen LogP contribution in [0.3, 0.4) is 0 Å². The summed E-state index contributed by atoms with van der Waals surface area (Å²) in [6.07, 6.45) is 4.12. The maximum Gasteiger partial charge on any atom is 0.0369 e. The molecule has 2 saturated heterocycles. The lowest BCUT2D eigenvalue weighted by Crippen LogP contribution is -2.47. The van der Waals surface area contributed by atoms with Gasteiger partial charge in [-0.25, -0.2) is 0 Å². The summed E-state index contributed by atoms with van der Waals surface area (Å²) in [7, 11) is 0. The molecular weight excluding hydrogens is 330 g/mol. The Hall–Kier alpha value is -1.32. The quantitative estimate of drug-likeness (QED) is 0.650. The van der Waals surface area contributed by atoms with Gasteiger partial charge in [0, 0.05) is 38.4 Å². The lowest BCUT2D eigenvalue weighted by molar-refractivity contribution is 0.170. The predicted octanol–water partition coefficient (Wildman–Crippen LogP) is 4.61. The fourth-order valence-electron chi connectivity index (χ4n) is 4.49.